The highest BCUT2D eigenvalue weighted by Crippen LogP contribution is 2.23. The Morgan fingerprint density at radius 1 is 1.43 bits per heavy atom. The maximum absolute atomic E-state index is 14.1. The lowest BCUT2D eigenvalue weighted by Gasteiger charge is -2.25. The number of amides is 1. The van der Waals surface area contributed by atoms with E-state index in [0.29, 0.717) is 18.7 Å². The van der Waals surface area contributed by atoms with Crippen LogP contribution in [0.1, 0.15) is 36.0 Å². The Kier molecular flexibility index (Phi) is 4.71. The fourth-order valence-corrected chi connectivity index (χ4v) is 3.03. The zero-order chi connectivity index (χ0) is 16.2. The number of carbonyl (C=O) groups excluding carboxylic acids is 1. The van der Waals surface area contributed by atoms with Gasteiger partial charge in [-0.1, -0.05) is 6.42 Å². The second-order valence-corrected chi connectivity index (χ2v) is 6.01. The van der Waals surface area contributed by atoms with Crippen LogP contribution in [-0.4, -0.2) is 33.4 Å². The highest BCUT2D eigenvalue weighted by molar-refractivity contribution is 5.94. The minimum absolute atomic E-state index is 0.267. The van der Waals surface area contributed by atoms with Crippen molar-refractivity contribution in [3.8, 4) is 5.69 Å². The Morgan fingerprint density at radius 3 is 3.00 bits per heavy atom. The molecule has 1 aromatic carbocycles. The number of aromatic nitrogens is 2. The molecule has 2 atom stereocenters. The average Bonchev–Trinajstić information content (AvgIpc) is 3.06. The number of benzene rings is 1. The molecular weight excluding hydrogens is 297 g/mol. The van der Waals surface area contributed by atoms with Gasteiger partial charge in [0.1, 0.15) is 11.5 Å². The molecule has 23 heavy (non-hydrogen) atoms. The fourth-order valence-electron chi connectivity index (χ4n) is 3.03. The summed E-state index contributed by atoms with van der Waals surface area (Å²) in [5.41, 5.74) is 0.594. The van der Waals surface area contributed by atoms with Crippen LogP contribution in [0.4, 0.5) is 4.39 Å². The molecule has 1 amide bonds. The summed E-state index contributed by atoms with van der Waals surface area (Å²) in [7, 11) is 0. The van der Waals surface area contributed by atoms with Crippen molar-refractivity contribution in [1.82, 2.24) is 15.1 Å². The van der Waals surface area contributed by atoms with Gasteiger partial charge in [-0.25, -0.2) is 9.07 Å². The molecule has 1 aliphatic carbocycles. The summed E-state index contributed by atoms with van der Waals surface area (Å²) in [6.45, 7) is 0.512. The van der Waals surface area contributed by atoms with Gasteiger partial charge in [-0.15, -0.1) is 0 Å². The standard InChI is InChI=1S/C17H20FN3O2/c18-15-10-13(5-6-16(15)21-8-2-7-20-21)17(23)19-11-12-3-1-4-14(22)9-12/h2,5-8,10,12,14,22H,1,3-4,9,11H2,(H,19,23). The first-order chi connectivity index (χ1) is 11.1. The van der Waals surface area contributed by atoms with Crippen LogP contribution in [0.15, 0.2) is 36.7 Å². The van der Waals surface area contributed by atoms with Gasteiger partial charge in [0.05, 0.1) is 6.10 Å². The van der Waals surface area contributed by atoms with E-state index in [1.54, 1.807) is 30.6 Å². The molecule has 0 aliphatic heterocycles. The largest absolute Gasteiger partial charge is 0.393 e. The van der Waals surface area contributed by atoms with E-state index >= 15 is 0 Å². The molecule has 3 rings (SSSR count). The summed E-state index contributed by atoms with van der Waals surface area (Å²) in [6.07, 6.45) is 6.48. The van der Waals surface area contributed by atoms with Gasteiger partial charge in [-0.2, -0.15) is 5.10 Å². The first-order valence-electron chi connectivity index (χ1n) is 7.89. The Morgan fingerprint density at radius 2 is 2.30 bits per heavy atom. The summed E-state index contributed by atoms with van der Waals surface area (Å²) >= 11 is 0. The molecule has 1 heterocycles. The van der Waals surface area contributed by atoms with Crippen molar-refractivity contribution in [2.75, 3.05) is 6.54 Å². The molecule has 122 valence electrons. The monoisotopic (exact) mass is 317 g/mol. The van der Waals surface area contributed by atoms with Crippen LogP contribution in [0.5, 0.6) is 0 Å². The number of rotatable bonds is 4. The minimum atomic E-state index is -0.491. The predicted molar refractivity (Wildman–Crippen MR) is 83.8 cm³/mol. The Hall–Kier alpha value is -2.21. The maximum atomic E-state index is 14.1. The molecule has 0 radical (unpaired) electrons. The summed E-state index contributed by atoms with van der Waals surface area (Å²) in [5.74, 6) is -0.499. The SMILES string of the molecule is O=C(NCC1CCCC(O)C1)c1ccc(-n2cccn2)c(F)c1. The molecule has 5 nitrogen and oxygen atoms in total. The number of halogens is 1. The molecule has 1 aliphatic rings. The lowest BCUT2D eigenvalue weighted by atomic mass is 9.87. The van der Waals surface area contributed by atoms with Crippen LogP contribution >= 0.6 is 0 Å². The third kappa shape index (κ3) is 3.76. The predicted octanol–water partition coefficient (Wildman–Crippen LogP) is 2.29. The molecule has 1 saturated carbocycles. The number of nitrogens with one attached hydrogen (secondary N) is 1. The highest BCUT2D eigenvalue weighted by Gasteiger charge is 2.21. The summed E-state index contributed by atoms with van der Waals surface area (Å²) in [4.78, 5) is 12.2. The summed E-state index contributed by atoms with van der Waals surface area (Å²) in [6, 6.07) is 6.06. The number of aliphatic hydroxyl groups is 1. The minimum Gasteiger partial charge on any atom is -0.393 e. The van der Waals surface area contributed by atoms with Crippen molar-refractivity contribution in [1.29, 1.82) is 0 Å². The van der Waals surface area contributed by atoms with Crippen molar-refractivity contribution in [3.05, 3.63) is 48.0 Å². The van der Waals surface area contributed by atoms with E-state index in [1.165, 1.54) is 10.7 Å². The second kappa shape index (κ2) is 6.91. The van der Waals surface area contributed by atoms with Gasteiger partial charge in [-0.3, -0.25) is 4.79 Å². The summed E-state index contributed by atoms with van der Waals surface area (Å²) in [5, 5.41) is 16.5. The Balaban J connectivity index is 1.62. The second-order valence-electron chi connectivity index (χ2n) is 6.01. The molecule has 0 spiro atoms. The molecule has 2 aromatic rings. The van der Waals surface area contributed by atoms with Gasteiger partial charge in [0, 0.05) is 24.5 Å². The summed E-state index contributed by atoms with van der Waals surface area (Å²) < 4.78 is 15.6. The van der Waals surface area contributed by atoms with Crippen molar-refractivity contribution >= 4 is 5.91 Å². The smallest absolute Gasteiger partial charge is 0.251 e. The van der Waals surface area contributed by atoms with Crippen LogP contribution in [0.3, 0.4) is 0 Å². The van der Waals surface area contributed by atoms with Gasteiger partial charge in [0.15, 0.2) is 0 Å². The van der Waals surface area contributed by atoms with Gasteiger partial charge >= 0.3 is 0 Å². The van der Waals surface area contributed by atoms with Gasteiger partial charge in [0.25, 0.3) is 5.91 Å². The van der Waals surface area contributed by atoms with E-state index in [4.69, 9.17) is 0 Å². The van der Waals surface area contributed by atoms with Gasteiger partial charge < -0.3 is 10.4 Å². The quantitative estimate of drug-likeness (QED) is 0.909. The third-order valence-corrected chi connectivity index (χ3v) is 4.27. The number of hydrogen-bond acceptors (Lipinski definition) is 3. The highest BCUT2D eigenvalue weighted by atomic mass is 19.1. The third-order valence-electron chi connectivity index (χ3n) is 4.27. The average molecular weight is 317 g/mol. The van der Waals surface area contributed by atoms with Crippen LogP contribution in [0, 0.1) is 11.7 Å². The van der Waals surface area contributed by atoms with E-state index in [0.717, 1.165) is 19.3 Å². The van der Waals surface area contributed by atoms with E-state index < -0.39 is 5.82 Å². The molecule has 1 fully saturated rings. The van der Waals surface area contributed by atoms with Crippen molar-refractivity contribution in [3.63, 3.8) is 0 Å². The molecule has 2 unspecified atom stereocenters. The molecule has 2 N–H and O–H groups in total. The van der Waals surface area contributed by atoms with Crippen molar-refractivity contribution in [2.45, 2.75) is 31.8 Å². The first-order valence-corrected chi connectivity index (χ1v) is 7.89. The Labute approximate surface area is 134 Å². The molecule has 6 heteroatoms. The topological polar surface area (TPSA) is 67.2 Å². The first kappa shape index (κ1) is 15.7. The number of aliphatic hydroxyl groups excluding tert-OH is 1. The zero-order valence-electron chi connectivity index (χ0n) is 12.8. The van der Waals surface area contributed by atoms with Crippen molar-refractivity contribution in [2.24, 2.45) is 5.92 Å². The molecule has 0 saturated heterocycles. The molecule has 0 bridgehead atoms. The van der Waals surface area contributed by atoms with Crippen molar-refractivity contribution < 1.29 is 14.3 Å². The fraction of sp³-hybridized carbons (Fsp3) is 0.412. The number of carbonyl (C=O) groups is 1. The van der Waals surface area contributed by atoms with E-state index in [2.05, 4.69) is 10.4 Å². The Bertz CT molecular complexity index is 672. The lowest BCUT2D eigenvalue weighted by molar-refractivity contribution is 0.0873. The maximum Gasteiger partial charge on any atom is 0.251 e. The van der Waals surface area contributed by atoms with Crippen LogP contribution in [-0.2, 0) is 0 Å². The van der Waals surface area contributed by atoms with Crippen LogP contribution in [0.25, 0.3) is 5.69 Å². The van der Waals surface area contributed by atoms with E-state index in [9.17, 15) is 14.3 Å². The zero-order valence-corrected chi connectivity index (χ0v) is 12.8. The normalized spacial score (nSPS) is 21.1. The molecule has 1 aromatic heterocycles. The lowest BCUT2D eigenvalue weighted by Crippen LogP contribution is -2.33. The molecular formula is C17H20FN3O2. The van der Waals surface area contributed by atoms with E-state index in [-0.39, 0.29) is 23.5 Å². The number of hydrogen-bond donors (Lipinski definition) is 2. The van der Waals surface area contributed by atoms with Gasteiger partial charge in [-0.05, 0) is 49.4 Å². The van der Waals surface area contributed by atoms with Crippen LogP contribution < -0.4 is 5.32 Å². The van der Waals surface area contributed by atoms with Crippen LogP contribution in [0.2, 0.25) is 0 Å². The van der Waals surface area contributed by atoms with E-state index in [1.807, 2.05) is 0 Å². The number of nitrogens with zero attached hydrogens (tertiary/aromatic N) is 2. The van der Waals surface area contributed by atoms with Gasteiger partial charge in [0.2, 0.25) is 0 Å².